The van der Waals surface area contributed by atoms with Crippen molar-refractivity contribution in [2.45, 2.75) is 84.0 Å². The molecule has 2 aromatic rings. The lowest BCUT2D eigenvalue weighted by atomic mass is 9.77. The monoisotopic (exact) mass is 438 g/mol. The molecule has 3 rings (SSSR count). The van der Waals surface area contributed by atoms with E-state index in [9.17, 15) is 8.78 Å². The van der Waals surface area contributed by atoms with E-state index in [-0.39, 0.29) is 17.9 Å². The van der Waals surface area contributed by atoms with E-state index >= 15 is 0 Å². The molecule has 1 aliphatic carbocycles. The second-order valence-corrected chi connectivity index (χ2v) is 8.96. The summed E-state index contributed by atoms with van der Waals surface area (Å²) >= 11 is 0. The highest BCUT2D eigenvalue weighted by Crippen LogP contribution is 2.37. The van der Waals surface area contributed by atoms with Gasteiger partial charge in [0.05, 0.1) is 12.2 Å². The first-order valence-corrected chi connectivity index (χ1v) is 12.3. The fourth-order valence-corrected chi connectivity index (χ4v) is 4.69. The minimum atomic E-state index is -0.981. The summed E-state index contributed by atoms with van der Waals surface area (Å²) in [5.41, 5.74) is 2.22. The molecule has 0 atom stereocenters. The normalized spacial score (nSPS) is 18.1. The molecule has 1 nitrogen and oxygen atoms in total. The lowest BCUT2D eigenvalue weighted by molar-refractivity contribution is 0.302. The van der Waals surface area contributed by atoms with Crippen LogP contribution in [0.15, 0.2) is 36.4 Å². The summed E-state index contributed by atoms with van der Waals surface area (Å²) in [6.45, 7) is 4.29. The predicted octanol–water partition coefficient (Wildman–Crippen LogP) is 8.40. The maximum atomic E-state index is 14.2. The first-order chi connectivity index (χ1) is 15.6. The van der Waals surface area contributed by atoms with Crippen molar-refractivity contribution in [1.82, 2.24) is 0 Å². The van der Waals surface area contributed by atoms with Gasteiger partial charge in [0.15, 0.2) is 11.6 Å². The van der Waals surface area contributed by atoms with Gasteiger partial charge in [0.2, 0.25) is 5.82 Å². The molecule has 0 aromatic heterocycles. The molecule has 0 unspecified atom stereocenters. The summed E-state index contributed by atoms with van der Waals surface area (Å²) in [5, 5.41) is 0. The minimum absolute atomic E-state index is 0.0445. The lowest BCUT2D eigenvalue weighted by Crippen LogP contribution is -2.13. The number of halogens is 2. The third-order valence-electron chi connectivity index (χ3n) is 6.63. The van der Waals surface area contributed by atoms with E-state index in [1.54, 1.807) is 6.92 Å². The number of ether oxygens (including phenoxy) is 1. The van der Waals surface area contributed by atoms with Gasteiger partial charge in [-0.3, -0.25) is 0 Å². The van der Waals surface area contributed by atoms with Crippen molar-refractivity contribution >= 4 is 0 Å². The van der Waals surface area contributed by atoms with Crippen molar-refractivity contribution in [2.24, 2.45) is 5.92 Å². The molecular formula is C29H36F2O. The Morgan fingerprint density at radius 3 is 2.22 bits per heavy atom. The van der Waals surface area contributed by atoms with Gasteiger partial charge in [-0.25, -0.2) is 4.39 Å². The number of benzene rings is 2. The molecule has 0 saturated heterocycles. The van der Waals surface area contributed by atoms with Crippen LogP contribution in [0.2, 0.25) is 0 Å². The van der Waals surface area contributed by atoms with Crippen LogP contribution >= 0.6 is 0 Å². The summed E-state index contributed by atoms with van der Waals surface area (Å²) < 4.78 is 33.3. The molecule has 0 radical (unpaired) electrons. The fourth-order valence-electron chi connectivity index (χ4n) is 4.69. The second-order valence-electron chi connectivity index (χ2n) is 8.96. The molecule has 0 heterocycles. The van der Waals surface area contributed by atoms with E-state index in [1.807, 2.05) is 12.1 Å². The van der Waals surface area contributed by atoms with E-state index in [1.165, 1.54) is 81.9 Å². The zero-order valence-electron chi connectivity index (χ0n) is 19.6. The third-order valence-corrected chi connectivity index (χ3v) is 6.63. The Morgan fingerprint density at radius 1 is 0.812 bits per heavy atom. The van der Waals surface area contributed by atoms with Crippen LogP contribution in [-0.2, 0) is 0 Å². The van der Waals surface area contributed by atoms with Gasteiger partial charge in [-0.1, -0.05) is 69.4 Å². The molecule has 0 amide bonds. The molecule has 0 N–H and O–H groups in total. The molecule has 2 aromatic carbocycles. The Hall–Kier alpha value is -2.34. The van der Waals surface area contributed by atoms with Crippen LogP contribution < -0.4 is 4.74 Å². The van der Waals surface area contributed by atoms with Crippen LogP contribution in [0.3, 0.4) is 0 Å². The van der Waals surface area contributed by atoms with Gasteiger partial charge < -0.3 is 4.74 Å². The van der Waals surface area contributed by atoms with Crippen LogP contribution in [0.5, 0.6) is 5.75 Å². The standard InChI is InChI=1S/C29H36F2O/c1-3-5-6-7-8-9-22-10-15-24(16-11-22)25-17-12-23(13-18-25)14-19-26-20-21-27(32-4-2)29(31)28(26)30/h12-13,17-18,20-22,24H,3-11,15-16H2,1-2H3/t22-,24-. The average Bonchev–Trinajstić information content (AvgIpc) is 2.82. The molecule has 1 fully saturated rings. The van der Waals surface area contributed by atoms with Crippen LogP contribution in [0.25, 0.3) is 0 Å². The van der Waals surface area contributed by atoms with Gasteiger partial charge in [-0.15, -0.1) is 0 Å². The Morgan fingerprint density at radius 2 is 1.53 bits per heavy atom. The van der Waals surface area contributed by atoms with Crippen molar-refractivity contribution in [3.63, 3.8) is 0 Å². The molecule has 3 heteroatoms. The van der Waals surface area contributed by atoms with Gasteiger partial charge in [0, 0.05) is 5.56 Å². The molecule has 1 aliphatic rings. The Labute approximate surface area is 192 Å². The van der Waals surface area contributed by atoms with Gasteiger partial charge in [-0.05, 0) is 74.3 Å². The molecule has 172 valence electrons. The third kappa shape index (κ3) is 6.83. The summed E-state index contributed by atoms with van der Waals surface area (Å²) in [7, 11) is 0. The maximum absolute atomic E-state index is 14.2. The lowest BCUT2D eigenvalue weighted by Gasteiger charge is -2.29. The second kappa shape index (κ2) is 12.6. The van der Waals surface area contributed by atoms with Crippen LogP contribution in [-0.4, -0.2) is 6.61 Å². The zero-order chi connectivity index (χ0) is 22.8. The Bertz CT molecular complexity index is 899. The van der Waals surface area contributed by atoms with Crippen molar-refractivity contribution < 1.29 is 13.5 Å². The van der Waals surface area contributed by atoms with Gasteiger partial charge in [0.25, 0.3) is 0 Å². The number of unbranched alkanes of at least 4 members (excludes halogenated alkanes) is 4. The zero-order valence-corrected chi connectivity index (χ0v) is 19.6. The number of hydrogen-bond acceptors (Lipinski definition) is 1. The molecule has 0 bridgehead atoms. The Kier molecular flexibility index (Phi) is 9.60. The predicted molar refractivity (Wildman–Crippen MR) is 128 cm³/mol. The highest BCUT2D eigenvalue weighted by molar-refractivity contribution is 5.46. The van der Waals surface area contributed by atoms with Crippen molar-refractivity contribution in [1.29, 1.82) is 0 Å². The topological polar surface area (TPSA) is 9.23 Å². The van der Waals surface area contributed by atoms with Crippen LogP contribution in [0, 0.1) is 29.4 Å². The van der Waals surface area contributed by atoms with E-state index in [4.69, 9.17) is 4.74 Å². The Balaban J connectivity index is 1.52. The van der Waals surface area contributed by atoms with Gasteiger partial charge in [-0.2, -0.15) is 4.39 Å². The largest absolute Gasteiger partial charge is 0.491 e. The summed E-state index contributed by atoms with van der Waals surface area (Å²) in [6, 6.07) is 11.2. The molecule has 0 spiro atoms. The fraction of sp³-hybridized carbons (Fsp3) is 0.517. The number of rotatable bonds is 9. The highest BCUT2D eigenvalue weighted by atomic mass is 19.2. The smallest absolute Gasteiger partial charge is 0.201 e. The van der Waals surface area contributed by atoms with Crippen molar-refractivity contribution in [3.8, 4) is 17.6 Å². The average molecular weight is 439 g/mol. The van der Waals surface area contributed by atoms with Crippen molar-refractivity contribution in [2.75, 3.05) is 6.61 Å². The van der Waals surface area contributed by atoms with Crippen molar-refractivity contribution in [3.05, 3.63) is 64.7 Å². The summed E-state index contributed by atoms with van der Waals surface area (Å²) in [6.07, 6.45) is 13.5. The quantitative estimate of drug-likeness (QED) is 0.282. The first kappa shape index (κ1) is 24.3. The molecular weight excluding hydrogens is 402 g/mol. The van der Waals surface area contributed by atoms with Gasteiger partial charge in [0.1, 0.15) is 0 Å². The van der Waals surface area contributed by atoms with Crippen LogP contribution in [0.1, 0.15) is 101 Å². The van der Waals surface area contributed by atoms with Gasteiger partial charge >= 0.3 is 0 Å². The SMILES string of the molecule is CCCCCCC[C@H]1CC[C@H](c2ccc(C#Cc3ccc(OCC)c(F)c3F)cc2)CC1. The summed E-state index contributed by atoms with van der Waals surface area (Å²) in [4.78, 5) is 0. The van der Waals surface area contributed by atoms with E-state index in [2.05, 4.69) is 30.9 Å². The molecule has 0 aliphatic heterocycles. The molecule has 1 saturated carbocycles. The number of hydrogen-bond donors (Lipinski definition) is 0. The van der Waals surface area contributed by atoms with Crippen LogP contribution in [0.4, 0.5) is 8.78 Å². The first-order valence-electron chi connectivity index (χ1n) is 12.3. The van der Waals surface area contributed by atoms with E-state index in [0.29, 0.717) is 5.92 Å². The molecule has 32 heavy (non-hydrogen) atoms. The highest BCUT2D eigenvalue weighted by Gasteiger charge is 2.22. The maximum Gasteiger partial charge on any atom is 0.201 e. The van der Waals surface area contributed by atoms with E-state index in [0.717, 1.165) is 11.5 Å². The summed E-state index contributed by atoms with van der Waals surface area (Å²) in [5.74, 6) is 5.23. The van der Waals surface area contributed by atoms with E-state index < -0.39 is 11.6 Å². The minimum Gasteiger partial charge on any atom is -0.491 e.